The van der Waals surface area contributed by atoms with E-state index in [0.29, 0.717) is 5.92 Å². The average Bonchev–Trinajstić information content (AvgIpc) is 2.03. The molecule has 1 unspecified atom stereocenters. The number of rotatable bonds is 4. The van der Waals surface area contributed by atoms with Crippen LogP contribution >= 0.6 is 0 Å². The molecule has 0 aromatic carbocycles. The zero-order valence-electron chi connectivity index (χ0n) is 7.98. The molecule has 0 aromatic rings. The molecule has 0 aliphatic rings. The lowest BCUT2D eigenvalue weighted by Gasteiger charge is -2.02. The molecule has 63 valence electrons. The lowest BCUT2D eigenvalue weighted by molar-refractivity contribution is 0.712. The molecule has 1 radical (unpaired) electrons. The van der Waals surface area contributed by atoms with E-state index in [1.807, 2.05) is 0 Å². The zero-order valence-corrected chi connectivity index (χ0v) is 7.98. The van der Waals surface area contributed by atoms with Crippen molar-refractivity contribution in [3.63, 3.8) is 0 Å². The number of unbranched alkanes of at least 4 members (excludes halogenated alkanes) is 1. The summed E-state index contributed by atoms with van der Waals surface area (Å²) >= 11 is 0. The van der Waals surface area contributed by atoms with Crippen LogP contribution in [0.1, 0.15) is 46.5 Å². The molecule has 0 aliphatic heterocycles. The predicted octanol–water partition coefficient (Wildman–Crippen LogP) is 3.43. The van der Waals surface area contributed by atoms with E-state index < -0.39 is 0 Å². The third kappa shape index (κ3) is 5.98. The second-order valence-corrected chi connectivity index (χ2v) is 2.73. The van der Waals surface area contributed by atoms with E-state index in [9.17, 15) is 0 Å². The van der Waals surface area contributed by atoms with Crippen LogP contribution in [0.15, 0.2) is 0 Å². The number of hydrogen-bond acceptors (Lipinski definition) is 0. The first-order valence-electron chi connectivity index (χ1n) is 4.66. The van der Waals surface area contributed by atoms with Crippen molar-refractivity contribution >= 4 is 0 Å². The molecule has 0 saturated heterocycles. The van der Waals surface area contributed by atoms with Gasteiger partial charge in [-0.1, -0.05) is 33.1 Å². The predicted molar refractivity (Wildman–Crippen MR) is 51.1 cm³/mol. The molecule has 0 saturated carbocycles. The van der Waals surface area contributed by atoms with E-state index in [1.54, 1.807) is 0 Å². The molecule has 0 aromatic heterocycles. The highest BCUT2D eigenvalue weighted by atomic mass is 14.0. The maximum absolute atomic E-state index is 3.27. The minimum Gasteiger partial charge on any atom is -0.103 e. The highest BCUT2D eigenvalue weighted by Gasteiger charge is 1.98. The molecule has 0 N–H and O–H groups in total. The number of hydrogen-bond donors (Lipinski definition) is 0. The van der Waals surface area contributed by atoms with Crippen molar-refractivity contribution in [2.45, 2.75) is 46.5 Å². The maximum Gasteiger partial charge on any atom is 0.0231 e. The van der Waals surface area contributed by atoms with E-state index in [0.717, 1.165) is 19.3 Å². The Morgan fingerprint density at radius 1 is 1.27 bits per heavy atom. The first-order valence-corrected chi connectivity index (χ1v) is 4.66. The summed E-state index contributed by atoms with van der Waals surface area (Å²) in [5, 5.41) is 0. The summed E-state index contributed by atoms with van der Waals surface area (Å²) in [6, 6.07) is 0. The monoisotopic (exact) mass is 151 g/mol. The maximum atomic E-state index is 3.27. The molecule has 1 atom stereocenters. The summed E-state index contributed by atoms with van der Waals surface area (Å²) in [7, 11) is 0. The van der Waals surface area contributed by atoms with Gasteiger partial charge in [0.05, 0.1) is 0 Å². The largest absolute Gasteiger partial charge is 0.103 e. The molecule has 0 spiro atoms. The van der Waals surface area contributed by atoms with Crippen molar-refractivity contribution in [1.82, 2.24) is 0 Å². The van der Waals surface area contributed by atoms with Gasteiger partial charge in [-0.15, -0.1) is 5.92 Å². The second kappa shape index (κ2) is 7.66. The van der Waals surface area contributed by atoms with Gasteiger partial charge in [0.15, 0.2) is 0 Å². The topological polar surface area (TPSA) is 0 Å². The molecule has 0 nitrogen and oxygen atoms in total. The van der Waals surface area contributed by atoms with E-state index >= 15 is 0 Å². The fourth-order valence-corrected chi connectivity index (χ4v) is 0.940. The molecule has 0 heteroatoms. The van der Waals surface area contributed by atoms with Crippen molar-refractivity contribution < 1.29 is 0 Å². The summed E-state index contributed by atoms with van der Waals surface area (Å²) in [5.74, 6) is 6.99. The summed E-state index contributed by atoms with van der Waals surface area (Å²) in [6.07, 6.45) is 6.82. The van der Waals surface area contributed by atoms with Crippen molar-refractivity contribution in [2.75, 3.05) is 0 Å². The summed E-state index contributed by atoms with van der Waals surface area (Å²) in [4.78, 5) is 0. The molecule has 0 aliphatic carbocycles. The normalized spacial score (nSPS) is 11.9. The Labute approximate surface area is 71.4 Å². The Balaban J connectivity index is 3.59. The van der Waals surface area contributed by atoms with E-state index in [-0.39, 0.29) is 0 Å². The van der Waals surface area contributed by atoms with Gasteiger partial charge in [-0.2, -0.15) is 0 Å². The van der Waals surface area contributed by atoms with Gasteiger partial charge in [0, 0.05) is 12.3 Å². The molecule has 0 fully saturated rings. The molecular weight excluding hydrogens is 132 g/mol. The fraction of sp³-hybridized carbons (Fsp3) is 0.727. The summed E-state index contributed by atoms with van der Waals surface area (Å²) in [6.45, 7) is 6.53. The summed E-state index contributed by atoms with van der Waals surface area (Å²) in [5.41, 5.74) is 0. The van der Waals surface area contributed by atoms with E-state index in [2.05, 4.69) is 39.0 Å². The first kappa shape index (κ1) is 10.6. The van der Waals surface area contributed by atoms with Crippen LogP contribution in [0.5, 0.6) is 0 Å². The fourth-order valence-electron chi connectivity index (χ4n) is 0.940. The molecular formula is C11H19. The van der Waals surface area contributed by atoms with Crippen molar-refractivity contribution in [3.8, 4) is 11.8 Å². The van der Waals surface area contributed by atoms with Crippen molar-refractivity contribution in [1.29, 1.82) is 0 Å². The third-order valence-electron chi connectivity index (χ3n) is 1.62. The minimum atomic E-state index is 0.534. The van der Waals surface area contributed by atoms with Gasteiger partial charge < -0.3 is 0 Å². The van der Waals surface area contributed by atoms with Gasteiger partial charge in [0.2, 0.25) is 0 Å². The van der Waals surface area contributed by atoms with Crippen LogP contribution in [0.2, 0.25) is 0 Å². The molecule has 0 amide bonds. The Bertz CT molecular complexity index is 125. The molecule has 0 bridgehead atoms. The molecule has 11 heavy (non-hydrogen) atoms. The van der Waals surface area contributed by atoms with Gasteiger partial charge in [0.25, 0.3) is 0 Å². The summed E-state index contributed by atoms with van der Waals surface area (Å²) < 4.78 is 0. The van der Waals surface area contributed by atoms with Gasteiger partial charge >= 0.3 is 0 Å². The molecule has 0 rings (SSSR count). The standard InChI is InChI=1S/C11H19/c1-4-7-8-10-11(6-3)9-5-2/h9,11H,4-7H2,1-3H3. The lowest BCUT2D eigenvalue weighted by atomic mass is 10.0. The minimum absolute atomic E-state index is 0.534. The quantitative estimate of drug-likeness (QED) is 0.540. The average molecular weight is 151 g/mol. The highest BCUT2D eigenvalue weighted by molar-refractivity contribution is 5.07. The lowest BCUT2D eigenvalue weighted by Crippen LogP contribution is -1.94. The Morgan fingerprint density at radius 2 is 2.00 bits per heavy atom. The van der Waals surface area contributed by atoms with Crippen LogP contribution in [0.4, 0.5) is 0 Å². The van der Waals surface area contributed by atoms with Crippen LogP contribution in [-0.4, -0.2) is 0 Å². The second-order valence-electron chi connectivity index (χ2n) is 2.73. The van der Waals surface area contributed by atoms with Crippen molar-refractivity contribution in [2.24, 2.45) is 5.92 Å². The Hall–Kier alpha value is -0.440. The van der Waals surface area contributed by atoms with E-state index in [4.69, 9.17) is 0 Å². The van der Waals surface area contributed by atoms with Crippen LogP contribution in [0, 0.1) is 24.2 Å². The van der Waals surface area contributed by atoms with Gasteiger partial charge in [-0.25, -0.2) is 0 Å². The van der Waals surface area contributed by atoms with E-state index in [1.165, 1.54) is 6.42 Å². The van der Waals surface area contributed by atoms with Crippen LogP contribution in [0.3, 0.4) is 0 Å². The SMILES string of the molecule is CC[CH]C(C#CCCC)CC. The highest BCUT2D eigenvalue weighted by Crippen LogP contribution is 2.07. The first-order chi connectivity index (χ1) is 5.35. The van der Waals surface area contributed by atoms with Gasteiger partial charge in [0.1, 0.15) is 0 Å². The van der Waals surface area contributed by atoms with Crippen LogP contribution in [0.25, 0.3) is 0 Å². The zero-order chi connectivity index (χ0) is 8.53. The van der Waals surface area contributed by atoms with Crippen LogP contribution in [-0.2, 0) is 0 Å². The smallest absolute Gasteiger partial charge is 0.0231 e. The third-order valence-corrected chi connectivity index (χ3v) is 1.62. The Kier molecular flexibility index (Phi) is 7.36. The van der Waals surface area contributed by atoms with Gasteiger partial charge in [-0.3, -0.25) is 0 Å². The van der Waals surface area contributed by atoms with Crippen LogP contribution < -0.4 is 0 Å². The van der Waals surface area contributed by atoms with Crippen molar-refractivity contribution in [3.05, 3.63) is 6.42 Å². The Morgan fingerprint density at radius 3 is 2.45 bits per heavy atom. The molecule has 0 heterocycles. The van der Waals surface area contributed by atoms with Gasteiger partial charge in [-0.05, 0) is 19.3 Å².